The Morgan fingerprint density at radius 3 is 2.46 bits per heavy atom. The van der Waals surface area contributed by atoms with Gasteiger partial charge in [-0.1, -0.05) is 44.2 Å². The van der Waals surface area contributed by atoms with Crippen LogP contribution in [0.3, 0.4) is 0 Å². The average molecular weight is 372 g/mol. The van der Waals surface area contributed by atoms with E-state index < -0.39 is 0 Å². The lowest BCUT2D eigenvalue weighted by Gasteiger charge is -2.09. The van der Waals surface area contributed by atoms with E-state index in [2.05, 4.69) is 53.5 Å². The second-order valence-electron chi connectivity index (χ2n) is 7.35. The van der Waals surface area contributed by atoms with E-state index in [9.17, 15) is 4.79 Å². The molecule has 0 saturated carbocycles. The number of nitrogens with one attached hydrogen (secondary N) is 2. The van der Waals surface area contributed by atoms with Crippen LogP contribution in [-0.4, -0.2) is 14.8 Å². The number of anilines is 1. The van der Waals surface area contributed by atoms with E-state index >= 15 is 0 Å². The van der Waals surface area contributed by atoms with E-state index in [0.29, 0.717) is 18.0 Å². The summed E-state index contributed by atoms with van der Waals surface area (Å²) < 4.78 is 1.79. The molecule has 0 bridgehead atoms. The van der Waals surface area contributed by atoms with Crippen LogP contribution in [0.4, 0.5) is 5.69 Å². The molecule has 4 rings (SSSR count). The van der Waals surface area contributed by atoms with Crippen molar-refractivity contribution in [1.82, 2.24) is 14.8 Å². The topological polar surface area (TPSA) is 62.7 Å². The standard InChI is InChI=1S/C23H24N4O/c1-15(2)17-9-11-19(12-10-17)24-14-18-13-21-16(3)26-27(22(21)25-23(18)28)20-7-5-4-6-8-20/h4-13,15,24H,14H2,1-3H3,(H,25,28). The van der Waals surface area contributed by atoms with E-state index in [1.807, 2.05) is 43.3 Å². The van der Waals surface area contributed by atoms with E-state index in [1.54, 1.807) is 4.68 Å². The number of H-pyrrole nitrogens is 1. The summed E-state index contributed by atoms with van der Waals surface area (Å²) in [6.45, 7) is 6.77. The van der Waals surface area contributed by atoms with Gasteiger partial charge in [-0.2, -0.15) is 5.10 Å². The highest BCUT2D eigenvalue weighted by molar-refractivity contribution is 5.80. The maximum Gasteiger partial charge on any atom is 0.254 e. The molecule has 0 unspecified atom stereocenters. The predicted octanol–water partition coefficient (Wildman–Crippen LogP) is 4.76. The molecule has 0 atom stereocenters. The van der Waals surface area contributed by atoms with Gasteiger partial charge in [0, 0.05) is 23.2 Å². The summed E-state index contributed by atoms with van der Waals surface area (Å²) in [5.74, 6) is 0.503. The van der Waals surface area contributed by atoms with Crippen molar-refractivity contribution in [1.29, 1.82) is 0 Å². The Bertz CT molecular complexity index is 1160. The number of benzene rings is 2. The molecule has 0 radical (unpaired) electrons. The summed E-state index contributed by atoms with van der Waals surface area (Å²) in [7, 11) is 0. The second-order valence-corrected chi connectivity index (χ2v) is 7.35. The first-order valence-electron chi connectivity index (χ1n) is 9.53. The minimum Gasteiger partial charge on any atom is -0.381 e. The van der Waals surface area contributed by atoms with Crippen molar-refractivity contribution < 1.29 is 0 Å². The maximum atomic E-state index is 12.7. The van der Waals surface area contributed by atoms with Gasteiger partial charge in [0.1, 0.15) is 5.65 Å². The lowest BCUT2D eigenvalue weighted by molar-refractivity contribution is 0.866. The summed E-state index contributed by atoms with van der Waals surface area (Å²) >= 11 is 0. The number of para-hydroxylation sites is 1. The highest BCUT2D eigenvalue weighted by Crippen LogP contribution is 2.21. The zero-order chi connectivity index (χ0) is 19.7. The molecule has 0 amide bonds. The Balaban J connectivity index is 1.63. The number of rotatable bonds is 5. The van der Waals surface area contributed by atoms with Crippen molar-refractivity contribution in [2.24, 2.45) is 0 Å². The highest BCUT2D eigenvalue weighted by atomic mass is 16.1. The van der Waals surface area contributed by atoms with E-state index in [-0.39, 0.29) is 5.56 Å². The van der Waals surface area contributed by atoms with Crippen molar-refractivity contribution in [3.05, 3.63) is 87.8 Å². The monoisotopic (exact) mass is 372 g/mol. The fourth-order valence-corrected chi connectivity index (χ4v) is 3.33. The molecule has 142 valence electrons. The first-order chi connectivity index (χ1) is 13.5. The maximum absolute atomic E-state index is 12.7. The SMILES string of the molecule is Cc1nn(-c2ccccc2)c2[nH]c(=O)c(CNc3ccc(C(C)C)cc3)cc12. The smallest absolute Gasteiger partial charge is 0.254 e. The predicted molar refractivity (Wildman–Crippen MR) is 114 cm³/mol. The molecule has 4 aromatic rings. The van der Waals surface area contributed by atoms with Crippen molar-refractivity contribution in [3.8, 4) is 5.69 Å². The first-order valence-corrected chi connectivity index (χ1v) is 9.53. The summed E-state index contributed by atoms with van der Waals surface area (Å²) in [4.78, 5) is 15.7. The number of nitrogens with zero attached hydrogens (tertiary/aromatic N) is 2. The second kappa shape index (κ2) is 7.35. The van der Waals surface area contributed by atoms with E-state index in [1.165, 1.54) is 5.56 Å². The molecule has 0 spiro atoms. The van der Waals surface area contributed by atoms with Crippen LogP contribution in [0, 0.1) is 6.92 Å². The van der Waals surface area contributed by atoms with Crippen LogP contribution in [0.2, 0.25) is 0 Å². The van der Waals surface area contributed by atoms with Crippen molar-refractivity contribution in [2.75, 3.05) is 5.32 Å². The molecule has 0 aliphatic carbocycles. The first kappa shape index (κ1) is 18.0. The third-order valence-corrected chi connectivity index (χ3v) is 5.01. The summed E-state index contributed by atoms with van der Waals surface area (Å²) in [6.07, 6.45) is 0. The highest BCUT2D eigenvalue weighted by Gasteiger charge is 2.12. The molecule has 0 aliphatic heterocycles. The Morgan fingerprint density at radius 2 is 1.79 bits per heavy atom. The third kappa shape index (κ3) is 3.43. The van der Waals surface area contributed by atoms with Crippen LogP contribution >= 0.6 is 0 Å². The van der Waals surface area contributed by atoms with Crippen LogP contribution < -0.4 is 10.9 Å². The molecule has 2 N–H and O–H groups in total. The van der Waals surface area contributed by atoms with Crippen molar-refractivity contribution in [2.45, 2.75) is 33.2 Å². The van der Waals surface area contributed by atoms with Gasteiger partial charge in [-0.05, 0) is 48.7 Å². The van der Waals surface area contributed by atoms with Gasteiger partial charge in [0.15, 0.2) is 0 Å². The zero-order valence-corrected chi connectivity index (χ0v) is 16.4. The minimum absolute atomic E-state index is 0.101. The molecule has 2 heterocycles. The Morgan fingerprint density at radius 1 is 1.07 bits per heavy atom. The Labute approximate surface area is 164 Å². The normalized spacial score (nSPS) is 11.3. The average Bonchev–Trinajstić information content (AvgIpc) is 3.02. The molecule has 28 heavy (non-hydrogen) atoms. The number of aromatic nitrogens is 3. The quantitative estimate of drug-likeness (QED) is 0.531. The van der Waals surface area contributed by atoms with Gasteiger partial charge in [-0.3, -0.25) is 4.79 Å². The van der Waals surface area contributed by atoms with Crippen LogP contribution in [0.15, 0.2) is 65.5 Å². The third-order valence-electron chi connectivity index (χ3n) is 5.01. The van der Waals surface area contributed by atoms with Gasteiger partial charge in [0.25, 0.3) is 5.56 Å². The van der Waals surface area contributed by atoms with Crippen LogP contribution in [0.1, 0.15) is 36.6 Å². The van der Waals surface area contributed by atoms with Crippen molar-refractivity contribution >= 4 is 16.7 Å². The number of aromatic amines is 1. The van der Waals surface area contributed by atoms with Crippen molar-refractivity contribution in [3.63, 3.8) is 0 Å². The largest absolute Gasteiger partial charge is 0.381 e. The number of pyridine rings is 1. The molecular formula is C23H24N4O. The fraction of sp³-hybridized carbons (Fsp3) is 0.217. The van der Waals surface area contributed by atoms with Gasteiger partial charge in [0.2, 0.25) is 0 Å². The number of aryl methyl sites for hydroxylation is 1. The Kier molecular flexibility index (Phi) is 4.74. The lowest BCUT2D eigenvalue weighted by atomic mass is 10.0. The fourth-order valence-electron chi connectivity index (χ4n) is 3.33. The molecule has 2 aromatic carbocycles. The lowest BCUT2D eigenvalue weighted by Crippen LogP contribution is -2.16. The number of hydrogen-bond acceptors (Lipinski definition) is 3. The zero-order valence-electron chi connectivity index (χ0n) is 16.4. The van der Waals surface area contributed by atoms with Crippen LogP contribution in [-0.2, 0) is 6.54 Å². The van der Waals surface area contributed by atoms with Crippen LogP contribution in [0.5, 0.6) is 0 Å². The van der Waals surface area contributed by atoms with Gasteiger partial charge >= 0.3 is 0 Å². The molecular weight excluding hydrogens is 348 g/mol. The molecule has 2 aromatic heterocycles. The van der Waals surface area contributed by atoms with E-state index in [4.69, 9.17) is 0 Å². The number of fused-ring (bicyclic) bond motifs is 1. The summed E-state index contributed by atoms with van der Waals surface area (Å²) in [5.41, 5.74) is 5.42. The minimum atomic E-state index is -0.101. The molecule has 5 nitrogen and oxygen atoms in total. The number of hydrogen-bond donors (Lipinski definition) is 2. The van der Waals surface area contributed by atoms with Gasteiger partial charge < -0.3 is 10.3 Å². The van der Waals surface area contributed by atoms with Gasteiger partial charge in [-0.15, -0.1) is 0 Å². The molecule has 0 saturated heterocycles. The van der Waals surface area contributed by atoms with Gasteiger partial charge in [-0.25, -0.2) is 4.68 Å². The summed E-state index contributed by atoms with van der Waals surface area (Å²) in [5, 5.41) is 8.91. The van der Waals surface area contributed by atoms with E-state index in [0.717, 1.165) is 28.1 Å². The Hall–Kier alpha value is -3.34. The summed E-state index contributed by atoms with van der Waals surface area (Å²) in [6, 6.07) is 20.1. The molecule has 0 fully saturated rings. The van der Waals surface area contributed by atoms with Crippen LogP contribution in [0.25, 0.3) is 16.7 Å². The molecule has 0 aliphatic rings. The molecule has 5 heteroatoms. The van der Waals surface area contributed by atoms with Gasteiger partial charge in [0.05, 0.1) is 11.4 Å².